The molecule has 0 fully saturated rings. The Kier molecular flexibility index (Phi) is 54.9. The summed E-state index contributed by atoms with van der Waals surface area (Å²) < 4.78 is 23.4. The number of hydrogen-bond acceptors (Lipinski definition) is 6. The van der Waals surface area contributed by atoms with Crippen molar-refractivity contribution in [3.8, 4) is 0 Å². The van der Waals surface area contributed by atoms with Gasteiger partial charge in [-0.2, -0.15) is 0 Å². The third-order valence-corrected chi connectivity index (χ3v) is 15.9. The Morgan fingerprint density at radius 3 is 1.11 bits per heavy atom. The van der Waals surface area contributed by atoms with Crippen LogP contribution < -0.4 is 10.2 Å². The van der Waals surface area contributed by atoms with E-state index in [1.54, 1.807) is 6.08 Å². The van der Waals surface area contributed by atoms with Crippen LogP contribution in [-0.2, 0) is 18.4 Å². The van der Waals surface area contributed by atoms with Crippen molar-refractivity contribution >= 4 is 13.7 Å². The van der Waals surface area contributed by atoms with Crippen LogP contribution in [0.3, 0.4) is 0 Å². The summed E-state index contributed by atoms with van der Waals surface area (Å²) in [5.41, 5.74) is 0. The van der Waals surface area contributed by atoms with Crippen LogP contribution in [0.1, 0.15) is 328 Å². The van der Waals surface area contributed by atoms with Crippen LogP contribution in [0, 0.1) is 0 Å². The third kappa shape index (κ3) is 58.5. The number of amides is 1. The van der Waals surface area contributed by atoms with E-state index < -0.39 is 20.0 Å². The first-order valence-electron chi connectivity index (χ1n) is 32.2. The lowest BCUT2D eigenvalue weighted by atomic mass is 10.0. The normalized spacial score (nSPS) is 13.9. The van der Waals surface area contributed by atoms with E-state index in [0.717, 1.165) is 38.5 Å². The fourth-order valence-corrected chi connectivity index (χ4v) is 10.6. The van der Waals surface area contributed by atoms with E-state index in [9.17, 15) is 19.4 Å². The first-order chi connectivity index (χ1) is 35.5. The highest BCUT2D eigenvalue weighted by atomic mass is 31.2. The minimum atomic E-state index is -4.60. The van der Waals surface area contributed by atoms with Gasteiger partial charge in [-0.05, 0) is 32.1 Å². The Morgan fingerprint density at radius 1 is 0.466 bits per heavy atom. The number of carbonyl (C=O) groups excluding carboxylic acids is 1. The summed E-state index contributed by atoms with van der Waals surface area (Å²) in [5, 5.41) is 13.9. The van der Waals surface area contributed by atoms with Gasteiger partial charge in [0.05, 0.1) is 39.9 Å². The van der Waals surface area contributed by atoms with Gasteiger partial charge in [0.2, 0.25) is 5.91 Å². The second-order valence-corrected chi connectivity index (χ2v) is 24.9. The fourth-order valence-electron chi connectivity index (χ4n) is 9.88. The van der Waals surface area contributed by atoms with Gasteiger partial charge in [-0.1, -0.05) is 314 Å². The van der Waals surface area contributed by atoms with E-state index in [1.807, 2.05) is 27.2 Å². The van der Waals surface area contributed by atoms with Crippen molar-refractivity contribution in [1.82, 2.24) is 5.32 Å². The van der Waals surface area contributed by atoms with Crippen LogP contribution in [0.5, 0.6) is 0 Å². The number of nitrogens with one attached hydrogen (secondary N) is 1. The quantitative estimate of drug-likeness (QED) is 0.0272. The maximum atomic E-state index is 13.0. The van der Waals surface area contributed by atoms with Gasteiger partial charge in [-0.25, -0.2) is 0 Å². The van der Waals surface area contributed by atoms with Crippen molar-refractivity contribution in [1.29, 1.82) is 0 Å². The summed E-state index contributed by atoms with van der Waals surface area (Å²) in [6.07, 6.45) is 71.5. The van der Waals surface area contributed by atoms with Crippen molar-refractivity contribution in [2.24, 2.45) is 0 Å². The molecule has 0 bridgehead atoms. The molecule has 0 aliphatic carbocycles. The number of nitrogens with zero attached hydrogens (tertiary/aromatic N) is 1. The second kappa shape index (κ2) is 55.7. The maximum Gasteiger partial charge on any atom is 0.268 e. The zero-order valence-corrected chi connectivity index (χ0v) is 50.5. The largest absolute Gasteiger partial charge is 0.756 e. The zero-order valence-electron chi connectivity index (χ0n) is 49.6. The van der Waals surface area contributed by atoms with Gasteiger partial charge in [0.15, 0.2) is 0 Å². The highest BCUT2D eigenvalue weighted by Crippen LogP contribution is 2.38. The van der Waals surface area contributed by atoms with Gasteiger partial charge in [-0.3, -0.25) is 9.36 Å². The number of rotatable bonds is 60. The topological polar surface area (TPSA) is 108 Å². The molecule has 0 heterocycles. The van der Waals surface area contributed by atoms with Crippen molar-refractivity contribution in [3.63, 3.8) is 0 Å². The van der Waals surface area contributed by atoms with Crippen molar-refractivity contribution in [2.45, 2.75) is 341 Å². The molecular weight excluding hydrogens is 924 g/mol. The van der Waals surface area contributed by atoms with E-state index in [0.29, 0.717) is 17.4 Å². The number of likely N-dealkylation sites (N-methyl/N-ethyl adjacent to an activating group) is 1. The minimum Gasteiger partial charge on any atom is -0.756 e. The van der Waals surface area contributed by atoms with Crippen LogP contribution in [-0.4, -0.2) is 68.5 Å². The SMILES string of the molecule is CCCCCCCCCCCCCCCC/C=C/CC/C=C/C(O)C(COP(=O)([O-])OCC[N+](C)(C)C)NC(=O)CCCCCCCCCCCCCCCCCCCCCCCCCCCCCCCCC. The van der Waals surface area contributed by atoms with E-state index >= 15 is 0 Å². The number of hydrogen-bond donors (Lipinski definition) is 2. The predicted octanol–water partition coefficient (Wildman–Crippen LogP) is 19.3. The molecule has 0 spiro atoms. The highest BCUT2D eigenvalue weighted by Gasteiger charge is 2.23. The third-order valence-electron chi connectivity index (χ3n) is 14.9. The summed E-state index contributed by atoms with van der Waals surface area (Å²) in [4.78, 5) is 25.5. The van der Waals surface area contributed by atoms with Crippen LogP contribution >= 0.6 is 7.82 Å². The van der Waals surface area contributed by atoms with Crippen molar-refractivity contribution < 1.29 is 32.9 Å². The number of quaternary nitrogens is 1. The second-order valence-electron chi connectivity index (χ2n) is 23.5. The van der Waals surface area contributed by atoms with Gasteiger partial charge < -0.3 is 28.8 Å². The first kappa shape index (κ1) is 72.0. The molecule has 3 unspecified atom stereocenters. The van der Waals surface area contributed by atoms with Gasteiger partial charge in [0.1, 0.15) is 13.2 Å². The van der Waals surface area contributed by atoms with Crippen molar-refractivity contribution in [2.75, 3.05) is 40.9 Å². The molecule has 2 N–H and O–H groups in total. The van der Waals surface area contributed by atoms with Gasteiger partial charge in [0.25, 0.3) is 7.82 Å². The summed E-state index contributed by atoms with van der Waals surface area (Å²) in [7, 11) is 1.26. The van der Waals surface area contributed by atoms with Gasteiger partial charge in [0, 0.05) is 6.42 Å². The molecule has 0 saturated carbocycles. The Labute approximate surface area is 455 Å². The lowest BCUT2D eigenvalue weighted by Gasteiger charge is -2.29. The number of aliphatic hydroxyl groups excluding tert-OH is 1. The van der Waals surface area contributed by atoms with Crippen molar-refractivity contribution in [3.05, 3.63) is 24.3 Å². The molecule has 0 aromatic heterocycles. The molecule has 0 radical (unpaired) electrons. The number of phosphoric ester groups is 1. The zero-order chi connectivity index (χ0) is 53.5. The smallest absolute Gasteiger partial charge is 0.268 e. The van der Waals surface area contributed by atoms with E-state index in [4.69, 9.17) is 9.05 Å². The predicted molar refractivity (Wildman–Crippen MR) is 316 cm³/mol. The van der Waals surface area contributed by atoms with E-state index in [-0.39, 0.29) is 19.1 Å². The van der Waals surface area contributed by atoms with E-state index in [2.05, 4.69) is 31.3 Å². The molecule has 0 aliphatic heterocycles. The Hall–Kier alpha value is -1.02. The number of carbonyl (C=O) groups is 1. The summed E-state index contributed by atoms with van der Waals surface area (Å²) >= 11 is 0. The molecule has 73 heavy (non-hydrogen) atoms. The fraction of sp³-hybridized carbons (Fsp3) is 0.922. The summed E-state index contributed by atoms with van der Waals surface area (Å²) in [5.74, 6) is -0.199. The Balaban J connectivity index is 4.07. The molecule has 0 aromatic rings. The van der Waals surface area contributed by atoms with Crippen LogP contribution in [0.2, 0.25) is 0 Å². The molecule has 9 heteroatoms. The highest BCUT2D eigenvalue weighted by molar-refractivity contribution is 7.45. The average molecular weight is 1050 g/mol. The Bertz CT molecular complexity index is 1240. The summed E-state index contributed by atoms with van der Waals surface area (Å²) in [6, 6.07) is -0.901. The molecule has 8 nitrogen and oxygen atoms in total. The lowest BCUT2D eigenvalue weighted by molar-refractivity contribution is -0.870. The number of allylic oxidation sites excluding steroid dienone is 3. The van der Waals surface area contributed by atoms with E-state index in [1.165, 1.54) is 270 Å². The molecule has 0 rings (SSSR count). The maximum absolute atomic E-state index is 13.0. The summed E-state index contributed by atoms with van der Waals surface area (Å²) in [6.45, 7) is 4.68. The molecular formula is C64H127N2O6P. The number of aliphatic hydroxyl groups is 1. The first-order valence-corrected chi connectivity index (χ1v) is 33.7. The minimum absolute atomic E-state index is 0.00359. The molecule has 3 atom stereocenters. The lowest BCUT2D eigenvalue weighted by Crippen LogP contribution is -2.45. The molecule has 434 valence electrons. The van der Waals surface area contributed by atoms with Crippen LogP contribution in [0.4, 0.5) is 0 Å². The monoisotopic (exact) mass is 1050 g/mol. The van der Waals surface area contributed by atoms with Gasteiger partial charge >= 0.3 is 0 Å². The van der Waals surface area contributed by atoms with Crippen LogP contribution in [0.25, 0.3) is 0 Å². The molecule has 0 aliphatic rings. The molecule has 0 aromatic carbocycles. The number of unbranched alkanes of at least 4 members (excludes halogenated alkanes) is 45. The standard InChI is InChI=1S/C64H127N2O6P/c1-6-8-10-12-14-16-18-20-22-24-26-28-29-30-31-32-33-34-35-36-37-38-40-42-44-46-48-50-52-54-56-58-64(68)65-62(61-72-73(69,70)71-60-59-66(3,4)5)63(67)57-55-53-51-49-47-45-43-41-39-27-25-23-21-19-17-15-13-11-9-7-2/h47,49,55,57,62-63,67H,6-46,48,50-54,56,58-61H2,1-5H3,(H-,65,68,69,70)/b49-47+,57-55+. The molecule has 0 saturated heterocycles. The Morgan fingerprint density at radius 2 is 0.767 bits per heavy atom. The average Bonchev–Trinajstić information content (AvgIpc) is 3.35. The molecule has 1 amide bonds. The van der Waals surface area contributed by atoms with Crippen LogP contribution in [0.15, 0.2) is 24.3 Å². The van der Waals surface area contributed by atoms with Gasteiger partial charge in [-0.15, -0.1) is 0 Å². The number of phosphoric acid groups is 1.